The Balaban J connectivity index is 1.55. The van der Waals surface area contributed by atoms with Crippen LogP contribution in [0.3, 0.4) is 0 Å². The van der Waals surface area contributed by atoms with E-state index in [1.807, 2.05) is 48.5 Å². The molecule has 2 aliphatic rings. The number of aromatic nitrogens is 2. The molecule has 40 heavy (non-hydrogen) atoms. The number of methoxy groups -OCH3 is 1. The highest BCUT2D eigenvalue weighted by Gasteiger charge is 2.40. The predicted octanol–water partition coefficient (Wildman–Crippen LogP) is 3.20. The Labute approximate surface area is 231 Å². The Kier molecular flexibility index (Phi) is 6.91. The van der Waals surface area contributed by atoms with Crippen LogP contribution in [0, 0.1) is 11.3 Å². The second-order valence-corrected chi connectivity index (χ2v) is 12.1. The molecular weight excluding hydrogens is 530 g/mol. The summed E-state index contributed by atoms with van der Waals surface area (Å²) in [6.07, 6.45) is 3.29. The molecule has 2 aromatic carbocycles. The molecule has 0 bridgehead atoms. The van der Waals surface area contributed by atoms with Gasteiger partial charge in [-0.2, -0.15) is 5.26 Å². The van der Waals surface area contributed by atoms with Crippen molar-refractivity contribution in [2.24, 2.45) is 5.73 Å². The van der Waals surface area contributed by atoms with Crippen LogP contribution >= 0.6 is 0 Å². The number of ether oxygens (including phenoxy) is 1. The molecule has 0 saturated carbocycles. The lowest BCUT2D eigenvalue weighted by Gasteiger charge is -2.24. The van der Waals surface area contributed by atoms with Gasteiger partial charge in [-0.25, -0.2) is 8.42 Å². The fourth-order valence-corrected chi connectivity index (χ4v) is 6.05. The number of hydrogen-bond acceptors (Lipinski definition) is 10. The van der Waals surface area contributed by atoms with Crippen LogP contribution in [0.4, 0.5) is 0 Å². The number of benzene rings is 2. The first-order valence-corrected chi connectivity index (χ1v) is 14.1. The molecule has 5 rings (SSSR count). The number of nitrogens with zero attached hydrogens (tertiary/aromatic N) is 3. The average molecular weight is 558 g/mol. The molecule has 0 aliphatic carbocycles. The second-order valence-electron chi connectivity index (χ2n) is 10.1. The van der Waals surface area contributed by atoms with E-state index < -0.39 is 32.8 Å². The molecule has 204 valence electrons. The first kappa shape index (κ1) is 27.1. The highest BCUT2D eigenvalue weighted by Crippen LogP contribution is 2.34. The Hall–Kier alpha value is -4.53. The smallest absolute Gasteiger partial charge is 0.249 e. The van der Waals surface area contributed by atoms with Crippen LogP contribution < -0.4 is 15.8 Å². The van der Waals surface area contributed by atoms with E-state index in [0.29, 0.717) is 11.1 Å². The number of ketones is 1. The normalized spacial score (nSPS) is 18.6. The van der Waals surface area contributed by atoms with Crippen LogP contribution in [-0.2, 0) is 26.5 Å². The van der Waals surface area contributed by atoms with Gasteiger partial charge in [-0.1, -0.05) is 36.4 Å². The van der Waals surface area contributed by atoms with Gasteiger partial charge in [-0.3, -0.25) is 4.79 Å². The zero-order valence-corrected chi connectivity index (χ0v) is 23.0. The van der Waals surface area contributed by atoms with Gasteiger partial charge in [0.25, 0.3) is 0 Å². The third kappa shape index (κ3) is 5.06. The SMILES string of the molecule is COc1ccc(-c2ccc(CC3=CC(c4nnc(C(C)(C)C#N)o4)=CNC4=C3C(=O)[C@@H](N)CS4(=O)=O)cc2)cc1. The van der Waals surface area contributed by atoms with E-state index in [-0.39, 0.29) is 28.8 Å². The molecule has 1 aromatic heterocycles. The zero-order valence-electron chi connectivity index (χ0n) is 22.1. The molecule has 10 nitrogen and oxygen atoms in total. The van der Waals surface area contributed by atoms with Crippen molar-refractivity contribution in [1.82, 2.24) is 15.5 Å². The fraction of sp³-hybridized carbons (Fsp3) is 0.241. The number of Topliss-reactive ketones (excluding diaryl/α,β-unsaturated/α-hetero) is 1. The van der Waals surface area contributed by atoms with Gasteiger partial charge < -0.3 is 20.2 Å². The fourth-order valence-electron chi connectivity index (χ4n) is 4.48. The van der Waals surface area contributed by atoms with Gasteiger partial charge in [0.05, 0.1) is 36.1 Å². The Morgan fingerprint density at radius 2 is 1.77 bits per heavy atom. The van der Waals surface area contributed by atoms with Crippen LogP contribution in [0.5, 0.6) is 5.75 Å². The van der Waals surface area contributed by atoms with Crippen LogP contribution in [0.2, 0.25) is 0 Å². The molecule has 0 amide bonds. The van der Waals surface area contributed by atoms with E-state index in [1.165, 1.54) is 6.20 Å². The van der Waals surface area contributed by atoms with Gasteiger partial charge >= 0.3 is 0 Å². The number of nitrogens with one attached hydrogen (secondary N) is 1. The van der Waals surface area contributed by atoms with E-state index in [4.69, 9.17) is 14.9 Å². The van der Waals surface area contributed by atoms with Crippen molar-refractivity contribution in [1.29, 1.82) is 5.26 Å². The maximum atomic E-state index is 13.3. The molecule has 1 atom stereocenters. The quantitative estimate of drug-likeness (QED) is 0.460. The molecule has 11 heteroatoms. The van der Waals surface area contributed by atoms with Crippen LogP contribution in [0.15, 0.2) is 81.4 Å². The molecular formula is C29H27N5O5S. The van der Waals surface area contributed by atoms with Crippen molar-refractivity contribution in [2.75, 3.05) is 12.9 Å². The predicted molar refractivity (Wildman–Crippen MR) is 148 cm³/mol. The Morgan fingerprint density at radius 1 is 1.12 bits per heavy atom. The maximum Gasteiger partial charge on any atom is 0.249 e. The van der Waals surface area contributed by atoms with Crippen molar-refractivity contribution < 1.29 is 22.4 Å². The minimum atomic E-state index is -3.87. The van der Waals surface area contributed by atoms with Gasteiger partial charge in [-0.05, 0) is 60.7 Å². The average Bonchev–Trinajstić information content (AvgIpc) is 3.37. The van der Waals surface area contributed by atoms with Gasteiger partial charge in [0.2, 0.25) is 11.8 Å². The third-order valence-electron chi connectivity index (χ3n) is 6.79. The largest absolute Gasteiger partial charge is 0.497 e. The summed E-state index contributed by atoms with van der Waals surface area (Å²) < 4.78 is 37.2. The van der Waals surface area contributed by atoms with Crippen molar-refractivity contribution in [3.63, 3.8) is 0 Å². The molecule has 0 saturated heterocycles. The van der Waals surface area contributed by atoms with E-state index >= 15 is 0 Å². The summed E-state index contributed by atoms with van der Waals surface area (Å²) in [5, 5.41) is 20.1. The van der Waals surface area contributed by atoms with Crippen molar-refractivity contribution in [3.05, 3.63) is 94.3 Å². The summed E-state index contributed by atoms with van der Waals surface area (Å²) >= 11 is 0. The minimum Gasteiger partial charge on any atom is -0.497 e. The zero-order chi connectivity index (χ0) is 28.7. The van der Waals surface area contributed by atoms with Crippen molar-refractivity contribution in [2.45, 2.75) is 31.7 Å². The molecule has 3 heterocycles. The van der Waals surface area contributed by atoms with Crippen LogP contribution in [-0.4, -0.2) is 43.3 Å². The summed E-state index contributed by atoms with van der Waals surface area (Å²) in [5.41, 5.74) is 8.60. The monoisotopic (exact) mass is 557 g/mol. The number of nitriles is 1. The molecule has 3 N–H and O–H groups in total. The number of nitrogens with two attached hydrogens (primary N) is 1. The second kappa shape index (κ2) is 10.2. The summed E-state index contributed by atoms with van der Waals surface area (Å²) in [6.45, 7) is 3.29. The summed E-state index contributed by atoms with van der Waals surface area (Å²) in [6, 6.07) is 16.4. The molecule has 0 spiro atoms. The van der Waals surface area contributed by atoms with Gasteiger partial charge in [0.15, 0.2) is 15.6 Å². The number of hydrogen-bond donors (Lipinski definition) is 2. The highest BCUT2D eigenvalue weighted by atomic mass is 32.2. The van der Waals surface area contributed by atoms with Crippen LogP contribution in [0.25, 0.3) is 16.7 Å². The van der Waals surface area contributed by atoms with Crippen molar-refractivity contribution >= 4 is 21.2 Å². The molecule has 2 aliphatic heterocycles. The summed E-state index contributed by atoms with van der Waals surface area (Å²) in [5.74, 6) is -0.0111. The number of allylic oxidation sites excluding steroid dienone is 3. The summed E-state index contributed by atoms with van der Waals surface area (Å²) in [4.78, 5) is 13.3. The Morgan fingerprint density at radius 3 is 2.40 bits per heavy atom. The lowest BCUT2D eigenvalue weighted by Crippen LogP contribution is -2.45. The van der Waals surface area contributed by atoms with Crippen molar-refractivity contribution in [3.8, 4) is 22.9 Å². The third-order valence-corrected chi connectivity index (χ3v) is 8.53. The topological polar surface area (TPSA) is 161 Å². The van der Waals surface area contributed by atoms with Gasteiger partial charge in [0.1, 0.15) is 16.2 Å². The van der Waals surface area contributed by atoms with E-state index in [9.17, 15) is 18.5 Å². The van der Waals surface area contributed by atoms with E-state index in [2.05, 4.69) is 21.6 Å². The molecule has 0 unspecified atom stereocenters. The summed E-state index contributed by atoms with van der Waals surface area (Å²) in [7, 11) is -2.26. The van der Waals surface area contributed by atoms with E-state index in [1.54, 1.807) is 27.0 Å². The lowest BCUT2D eigenvalue weighted by atomic mass is 9.91. The number of carbonyl (C=O) groups is 1. The van der Waals surface area contributed by atoms with E-state index in [0.717, 1.165) is 22.4 Å². The number of sulfone groups is 1. The first-order chi connectivity index (χ1) is 19.0. The number of carbonyl (C=O) groups excluding carboxylic acids is 1. The number of rotatable bonds is 6. The van der Waals surface area contributed by atoms with Gasteiger partial charge in [0, 0.05) is 6.20 Å². The minimum absolute atomic E-state index is 0.0151. The standard InChI is InChI=1S/C29H27N5O5S/c1-29(2,16-30)28-34-33-26(39-28)21-13-20(24-25(35)23(31)15-40(36,37)27(24)32-14-21)12-17-4-6-18(7-5-17)19-8-10-22(38-3)11-9-19/h4-11,13-14,23,32H,12,15,31H2,1-3H3/t23-/m0/s1. The lowest BCUT2D eigenvalue weighted by molar-refractivity contribution is -0.116. The first-order valence-electron chi connectivity index (χ1n) is 12.5. The maximum absolute atomic E-state index is 13.3. The molecule has 0 radical (unpaired) electrons. The van der Waals surface area contributed by atoms with Crippen LogP contribution in [0.1, 0.15) is 31.2 Å². The highest BCUT2D eigenvalue weighted by molar-refractivity contribution is 7.95. The molecule has 0 fully saturated rings. The molecule has 3 aromatic rings. The Bertz CT molecular complexity index is 1720. The van der Waals surface area contributed by atoms with Gasteiger partial charge in [-0.15, -0.1) is 10.2 Å².